The number of hydrogen-bond donors (Lipinski definition) is 2. The molecule has 4 rings (SSSR count). The Kier molecular flexibility index (Phi) is 5.64. The molecule has 1 fully saturated rings. The van der Waals surface area contributed by atoms with Crippen molar-refractivity contribution in [2.24, 2.45) is 0 Å². The van der Waals surface area contributed by atoms with Crippen molar-refractivity contribution in [2.75, 3.05) is 11.9 Å². The second kappa shape index (κ2) is 8.55. The van der Waals surface area contributed by atoms with Gasteiger partial charge in [-0.2, -0.15) is 0 Å². The summed E-state index contributed by atoms with van der Waals surface area (Å²) in [5.41, 5.74) is 0.918. The lowest BCUT2D eigenvalue weighted by Crippen LogP contribution is -2.42. The minimum atomic E-state index is -1.22. The van der Waals surface area contributed by atoms with Crippen molar-refractivity contribution >= 4 is 23.5 Å². The largest absolute Gasteiger partial charge is 0.455 e. The van der Waals surface area contributed by atoms with E-state index in [9.17, 15) is 14.4 Å². The van der Waals surface area contributed by atoms with Crippen LogP contribution in [0.15, 0.2) is 78.9 Å². The second-order valence-electron chi connectivity index (χ2n) is 7.77. The number of nitrogens with zero attached hydrogens (tertiary/aromatic N) is 1. The minimum absolute atomic E-state index is 0.411. The van der Waals surface area contributed by atoms with E-state index in [2.05, 4.69) is 10.6 Å². The third-order valence-electron chi connectivity index (χ3n) is 5.34. The molecule has 0 saturated carbocycles. The molecular formula is C25H23N3O4. The molecule has 3 aromatic rings. The summed E-state index contributed by atoms with van der Waals surface area (Å²) in [7, 11) is 0. The number of ether oxygens (including phenoxy) is 1. The molecule has 3 aromatic carbocycles. The number of rotatable bonds is 6. The molecule has 1 saturated heterocycles. The van der Waals surface area contributed by atoms with Crippen molar-refractivity contribution in [3.8, 4) is 11.5 Å². The van der Waals surface area contributed by atoms with Crippen LogP contribution in [0.4, 0.5) is 10.5 Å². The number of hydrogen-bond acceptors (Lipinski definition) is 4. The van der Waals surface area contributed by atoms with Gasteiger partial charge in [0.1, 0.15) is 17.8 Å². The van der Waals surface area contributed by atoms with Crippen LogP contribution in [0.1, 0.15) is 18.1 Å². The molecule has 0 spiro atoms. The minimum Gasteiger partial charge on any atom is -0.455 e. The van der Waals surface area contributed by atoms with Gasteiger partial charge in [-0.05, 0) is 43.7 Å². The number of imide groups is 1. The van der Waals surface area contributed by atoms with E-state index in [1.54, 1.807) is 55.5 Å². The van der Waals surface area contributed by atoms with Gasteiger partial charge in [-0.1, -0.05) is 60.2 Å². The Balaban J connectivity index is 1.47. The number of anilines is 1. The zero-order valence-corrected chi connectivity index (χ0v) is 17.8. The molecule has 32 heavy (non-hydrogen) atoms. The summed E-state index contributed by atoms with van der Waals surface area (Å²) in [6.45, 7) is 3.17. The quantitative estimate of drug-likeness (QED) is 0.575. The number of carbonyl (C=O) groups excluding carboxylic acids is 3. The Morgan fingerprint density at radius 2 is 1.62 bits per heavy atom. The van der Waals surface area contributed by atoms with Gasteiger partial charge < -0.3 is 15.4 Å². The summed E-state index contributed by atoms with van der Waals surface area (Å²) < 4.78 is 5.85. The summed E-state index contributed by atoms with van der Waals surface area (Å²) in [5, 5.41) is 5.45. The highest BCUT2D eigenvalue weighted by atomic mass is 16.5. The second-order valence-corrected chi connectivity index (χ2v) is 7.77. The van der Waals surface area contributed by atoms with Crippen molar-refractivity contribution in [1.82, 2.24) is 10.2 Å². The molecular weight excluding hydrogens is 406 g/mol. The fourth-order valence-electron chi connectivity index (χ4n) is 3.53. The number of amides is 4. The number of aryl methyl sites for hydroxylation is 1. The van der Waals surface area contributed by atoms with E-state index in [-0.39, 0.29) is 0 Å². The average Bonchev–Trinajstić information content (AvgIpc) is 3.00. The van der Waals surface area contributed by atoms with Crippen molar-refractivity contribution in [3.63, 3.8) is 0 Å². The lowest BCUT2D eigenvalue weighted by molar-refractivity contribution is -0.133. The van der Waals surface area contributed by atoms with Crippen molar-refractivity contribution in [2.45, 2.75) is 19.4 Å². The number of nitrogens with one attached hydrogen (secondary N) is 2. The van der Waals surface area contributed by atoms with Crippen LogP contribution in [0.3, 0.4) is 0 Å². The van der Waals surface area contributed by atoms with Gasteiger partial charge in [0.05, 0.1) is 5.69 Å². The third-order valence-corrected chi connectivity index (χ3v) is 5.34. The number of benzene rings is 3. The van der Waals surface area contributed by atoms with Crippen LogP contribution >= 0.6 is 0 Å². The topological polar surface area (TPSA) is 87.7 Å². The van der Waals surface area contributed by atoms with Crippen LogP contribution in [0.25, 0.3) is 0 Å². The number of urea groups is 1. The van der Waals surface area contributed by atoms with Crippen LogP contribution in [-0.4, -0.2) is 29.3 Å². The van der Waals surface area contributed by atoms with Crippen molar-refractivity contribution in [1.29, 1.82) is 0 Å². The van der Waals surface area contributed by atoms with E-state index in [0.29, 0.717) is 22.7 Å². The van der Waals surface area contributed by atoms with Gasteiger partial charge in [0.2, 0.25) is 5.91 Å². The molecule has 7 nitrogen and oxygen atoms in total. The Morgan fingerprint density at radius 3 is 2.34 bits per heavy atom. The van der Waals surface area contributed by atoms with Gasteiger partial charge in [0, 0.05) is 0 Å². The lowest BCUT2D eigenvalue weighted by Gasteiger charge is -2.22. The Hall–Kier alpha value is -4.13. The van der Waals surface area contributed by atoms with E-state index in [0.717, 1.165) is 10.5 Å². The first-order valence-corrected chi connectivity index (χ1v) is 10.2. The molecule has 0 bridgehead atoms. The van der Waals surface area contributed by atoms with Gasteiger partial charge in [0.25, 0.3) is 5.91 Å². The average molecular weight is 429 g/mol. The predicted molar refractivity (Wildman–Crippen MR) is 120 cm³/mol. The molecule has 2 N–H and O–H groups in total. The van der Waals surface area contributed by atoms with Gasteiger partial charge in [0.15, 0.2) is 5.75 Å². The Bertz CT molecular complexity index is 1160. The van der Waals surface area contributed by atoms with Gasteiger partial charge in [-0.15, -0.1) is 0 Å². The normalized spacial score (nSPS) is 17.8. The highest BCUT2D eigenvalue weighted by molar-refractivity contribution is 6.10. The summed E-state index contributed by atoms with van der Waals surface area (Å²) in [5.74, 6) is 0.0898. The lowest BCUT2D eigenvalue weighted by atomic mass is 9.91. The predicted octanol–water partition coefficient (Wildman–Crippen LogP) is 4.19. The molecule has 162 valence electrons. The molecule has 1 unspecified atom stereocenters. The number of para-hydroxylation sites is 3. The highest BCUT2D eigenvalue weighted by Gasteiger charge is 2.49. The fourth-order valence-corrected chi connectivity index (χ4v) is 3.53. The van der Waals surface area contributed by atoms with Crippen LogP contribution in [0.5, 0.6) is 11.5 Å². The van der Waals surface area contributed by atoms with E-state index >= 15 is 0 Å². The van der Waals surface area contributed by atoms with E-state index in [4.69, 9.17) is 4.74 Å². The first-order chi connectivity index (χ1) is 15.4. The number of carbonyl (C=O) groups is 3. The summed E-state index contributed by atoms with van der Waals surface area (Å²) in [4.78, 5) is 39.2. The molecule has 0 radical (unpaired) electrons. The smallest absolute Gasteiger partial charge is 0.325 e. The standard InChI is InChI=1S/C25H23N3O4/c1-17-12-14-18(15-13-17)25(2)23(30)28(24(31)27-25)16-22(29)26-20-10-6-7-11-21(20)32-19-8-4-3-5-9-19/h3-15H,16H2,1-2H3,(H,26,29)(H,27,31). The summed E-state index contributed by atoms with van der Waals surface area (Å²) >= 11 is 0. The molecule has 1 aliphatic heterocycles. The van der Waals surface area contributed by atoms with Crippen LogP contribution in [0.2, 0.25) is 0 Å². The maximum absolute atomic E-state index is 13.1. The van der Waals surface area contributed by atoms with Gasteiger partial charge in [-0.3, -0.25) is 14.5 Å². The molecule has 1 aliphatic rings. The van der Waals surface area contributed by atoms with E-state index in [1.807, 2.05) is 37.3 Å². The van der Waals surface area contributed by atoms with Crippen molar-refractivity contribution in [3.05, 3.63) is 90.0 Å². The van der Waals surface area contributed by atoms with Gasteiger partial charge >= 0.3 is 6.03 Å². The molecule has 0 aromatic heterocycles. The third kappa shape index (κ3) is 4.18. The zero-order chi connectivity index (χ0) is 22.7. The first kappa shape index (κ1) is 21.1. The monoisotopic (exact) mass is 429 g/mol. The molecule has 4 amide bonds. The Labute approximate surface area is 186 Å². The zero-order valence-electron chi connectivity index (χ0n) is 17.8. The fraction of sp³-hybridized carbons (Fsp3) is 0.160. The van der Waals surface area contributed by atoms with Crippen LogP contribution < -0.4 is 15.4 Å². The molecule has 0 aliphatic carbocycles. The Morgan fingerprint density at radius 1 is 0.969 bits per heavy atom. The van der Waals surface area contributed by atoms with E-state index < -0.39 is 29.9 Å². The molecule has 1 atom stereocenters. The summed E-state index contributed by atoms with van der Waals surface area (Å²) in [6.07, 6.45) is 0. The highest BCUT2D eigenvalue weighted by Crippen LogP contribution is 2.31. The maximum atomic E-state index is 13.1. The first-order valence-electron chi connectivity index (χ1n) is 10.2. The van der Waals surface area contributed by atoms with Crippen molar-refractivity contribution < 1.29 is 19.1 Å². The van der Waals surface area contributed by atoms with E-state index in [1.165, 1.54) is 0 Å². The van der Waals surface area contributed by atoms with Crippen LogP contribution in [-0.2, 0) is 15.1 Å². The molecule has 7 heteroatoms. The SMILES string of the molecule is Cc1ccc(C2(C)NC(=O)N(CC(=O)Nc3ccccc3Oc3ccccc3)C2=O)cc1. The van der Waals surface area contributed by atoms with Gasteiger partial charge in [-0.25, -0.2) is 4.79 Å². The molecule has 1 heterocycles. The summed E-state index contributed by atoms with van der Waals surface area (Å²) in [6, 6.07) is 22.9. The maximum Gasteiger partial charge on any atom is 0.325 e. The van der Waals surface area contributed by atoms with Crippen LogP contribution in [0, 0.1) is 6.92 Å².